The minimum Gasteiger partial charge on any atom is -0.316 e. The summed E-state index contributed by atoms with van der Waals surface area (Å²) >= 11 is 5.02. The highest BCUT2D eigenvalue weighted by atomic mass is 79.9. The summed E-state index contributed by atoms with van der Waals surface area (Å²) in [6.07, 6.45) is 0. The topological polar surface area (TPSA) is 62.7 Å². The van der Waals surface area contributed by atoms with E-state index in [9.17, 15) is 4.79 Å². The Morgan fingerprint density at radius 2 is 2.32 bits per heavy atom. The Morgan fingerprint density at radius 1 is 1.53 bits per heavy atom. The van der Waals surface area contributed by atoms with E-state index in [0.29, 0.717) is 11.7 Å². The second-order valence-corrected chi connectivity index (χ2v) is 5.84. The Morgan fingerprint density at radius 3 is 2.95 bits per heavy atom. The zero-order valence-electron chi connectivity index (χ0n) is 10.7. The number of aromatic nitrogens is 3. The van der Waals surface area contributed by atoms with Gasteiger partial charge in [0, 0.05) is 22.5 Å². The number of nitrogens with one attached hydrogen (secondary N) is 2. The fourth-order valence-electron chi connectivity index (χ4n) is 1.69. The fraction of sp³-hybridized carbons (Fsp3) is 0.333. The van der Waals surface area contributed by atoms with Crippen LogP contribution in [0.2, 0.25) is 0 Å². The van der Waals surface area contributed by atoms with Crippen molar-refractivity contribution in [3.63, 3.8) is 0 Å². The zero-order valence-corrected chi connectivity index (χ0v) is 13.1. The van der Waals surface area contributed by atoms with Gasteiger partial charge in [-0.2, -0.15) is 0 Å². The molecule has 0 saturated heterocycles. The molecule has 2 rings (SSSR count). The molecule has 1 heterocycles. The van der Waals surface area contributed by atoms with Gasteiger partial charge in [0.15, 0.2) is 5.16 Å². The van der Waals surface area contributed by atoms with Gasteiger partial charge < -0.3 is 5.32 Å². The number of nitrogens with zero attached hydrogens (tertiary/aromatic N) is 2. The molecule has 1 aromatic heterocycles. The molecule has 0 fully saturated rings. The average Bonchev–Trinajstić information content (AvgIpc) is 2.73. The minimum absolute atomic E-state index is 0.170. The van der Waals surface area contributed by atoms with Crippen LogP contribution >= 0.6 is 27.7 Å². The average molecular weight is 343 g/mol. The Balaban J connectivity index is 2.24. The second-order valence-electron chi connectivity index (χ2n) is 3.94. The molecule has 5 nitrogen and oxygen atoms in total. The lowest BCUT2D eigenvalue weighted by Gasteiger charge is -2.06. The van der Waals surface area contributed by atoms with E-state index in [1.807, 2.05) is 26.1 Å². The zero-order chi connectivity index (χ0) is 13.8. The fourth-order valence-corrected chi connectivity index (χ4v) is 3.30. The number of H-pyrrole nitrogens is 1. The Bertz CT molecular complexity index is 622. The monoisotopic (exact) mass is 342 g/mol. The summed E-state index contributed by atoms with van der Waals surface area (Å²) in [7, 11) is 1.92. The smallest absolute Gasteiger partial charge is 0.316 e. The molecule has 1 aromatic carbocycles. The maximum Gasteiger partial charge on any atom is 0.343 e. The molecule has 0 atom stereocenters. The highest BCUT2D eigenvalue weighted by Gasteiger charge is 2.09. The molecular formula is C12H15BrN4OS. The first-order valence-electron chi connectivity index (χ1n) is 5.91. The summed E-state index contributed by atoms with van der Waals surface area (Å²) in [4.78, 5) is 12.5. The Kier molecular flexibility index (Phi) is 4.84. The van der Waals surface area contributed by atoms with Crippen LogP contribution in [0.3, 0.4) is 0 Å². The molecule has 0 bridgehead atoms. The molecular weight excluding hydrogens is 328 g/mol. The molecule has 0 spiro atoms. The van der Waals surface area contributed by atoms with E-state index in [2.05, 4.69) is 37.5 Å². The summed E-state index contributed by atoms with van der Waals surface area (Å²) in [5, 5.41) is 10.3. The van der Waals surface area contributed by atoms with Crippen molar-refractivity contribution < 1.29 is 0 Å². The highest BCUT2D eigenvalue weighted by molar-refractivity contribution is 9.10. The van der Waals surface area contributed by atoms with Crippen LogP contribution in [-0.2, 0) is 13.1 Å². The van der Waals surface area contributed by atoms with Crippen molar-refractivity contribution in [3.8, 4) is 0 Å². The van der Waals surface area contributed by atoms with Gasteiger partial charge in [-0.25, -0.2) is 9.89 Å². The molecule has 102 valence electrons. The molecule has 0 radical (unpaired) electrons. The SMILES string of the molecule is CCn1c(Sc2ccc(CNC)c(Br)c2)n[nH]c1=O. The van der Waals surface area contributed by atoms with E-state index in [4.69, 9.17) is 0 Å². The van der Waals surface area contributed by atoms with Crippen LogP contribution in [0.25, 0.3) is 0 Å². The minimum atomic E-state index is -0.170. The predicted octanol–water partition coefficient (Wildman–Crippen LogP) is 2.22. The Hall–Kier alpha value is -1.05. The van der Waals surface area contributed by atoms with Crippen LogP contribution in [0.1, 0.15) is 12.5 Å². The van der Waals surface area contributed by atoms with Gasteiger partial charge in [-0.3, -0.25) is 4.57 Å². The van der Waals surface area contributed by atoms with E-state index in [0.717, 1.165) is 15.9 Å². The quantitative estimate of drug-likeness (QED) is 0.874. The molecule has 0 aliphatic carbocycles. The van der Waals surface area contributed by atoms with Crippen LogP contribution in [0.5, 0.6) is 0 Å². The molecule has 2 aromatic rings. The van der Waals surface area contributed by atoms with Crippen molar-refractivity contribution in [2.24, 2.45) is 0 Å². The summed E-state index contributed by atoms with van der Waals surface area (Å²) in [5.41, 5.74) is 1.03. The van der Waals surface area contributed by atoms with Crippen LogP contribution in [0.15, 0.2) is 37.5 Å². The van der Waals surface area contributed by atoms with E-state index in [1.54, 1.807) is 4.57 Å². The van der Waals surface area contributed by atoms with Crippen molar-refractivity contribution in [1.82, 2.24) is 20.1 Å². The third kappa shape index (κ3) is 3.29. The number of benzene rings is 1. The standard InChI is InChI=1S/C12H15BrN4OS/c1-3-17-11(18)15-16-12(17)19-9-5-4-8(7-14-2)10(13)6-9/h4-6,14H,3,7H2,1-2H3,(H,15,18). The van der Waals surface area contributed by atoms with Crippen molar-refractivity contribution >= 4 is 27.7 Å². The molecule has 19 heavy (non-hydrogen) atoms. The molecule has 2 N–H and O–H groups in total. The Labute approximate surface area is 123 Å². The number of aromatic amines is 1. The molecule has 0 aliphatic rings. The van der Waals surface area contributed by atoms with Gasteiger partial charge in [-0.1, -0.05) is 22.0 Å². The first-order valence-corrected chi connectivity index (χ1v) is 7.52. The van der Waals surface area contributed by atoms with Crippen molar-refractivity contribution in [3.05, 3.63) is 38.7 Å². The van der Waals surface area contributed by atoms with Gasteiger partial charge in [-0.15, -0.1) is 5.10 Å². The lowest BCUT2D eigenvalue weighted by atomic mass is 10.2. The molecule has 7 heteroatoms. The highest BCUT2D eigenvalue weighted by Crippen LogP contribution is 2.29. The van der Waals surface area contributed by atoms with Crippen LogP contribution < -0.4 is 11.0 Å². The largest absolute Gasteiger partial charge is 0.343 e. The normalized spacial score (nSPS) is 10.9. The molecule has 0 amide bonds. The van der Waals surface area contributed by atoms with Crippen molar-refractivity contribution in [2.45, 2.75) is 30.1 Å². The van der Waals surface area contributed by atoms with Crippen LogP contribution in [-0.4, -0.2) is 21.8 Å². The summed E-state index contributed by atoms with van der Waals surface area (Å²) in [6.45, 7) is 3.34. The summed E-state index contributed by atoms with van der Waals surface area (Å²) < 4.78 is 2.66. The first kappa shape index (κ1) is 14.4. The van der Waals surface area contributed by atoms with E-state index >= 15 is 0 Å². The van der Waals surface area contributed by atoms with Crippen molar-refractivity contribution in [2.75, 3.05) is 7.05 Å². The third-order valence-electron chi connectivity index (χ3n) is 2.64. The summed E-state index contributed by atoms with van der Waals surface area (Å²) in [6, 6.07) is 6.13. The van der Waals surface area contributed by atoms with Crippen LogP contribution in [0, 0.1) is 0 Å². The third-order valence-corrected chi connectivity index (χ3v) is 4.36. The van der Waals surface area contributed by atoms with Crippen molar-refractivity contribution in [1.29, 1.82) is 0 Å². The van der Waals surface area contributed by atoms with E-state index < -0.39 is 0 Å². The number of hydrogen-bond acceptors (Lipinski definition) is 4. The van der Waals surface area contributed by atoms with Gasteiger partial charge in [0.2, 0.25) is 0 Å². The molecule has 0 aliphatic heterocycles. The summed E-state index contributed by atoms with van der Waals surface area (Å²) in [5.74, 6) is 0. The second kappa shape index (κ2) is 6.40. The number of halogens is 1. The maximum atomic E-state index is 11.5. The predicted molar refractivity (Wildman–Crippen MR) is 79.6 cm³/mol. The lowest BCUT2D eigenvalue weighted by Crippen LogP contribution is -2.15. The maximum absolute atomic E-state index is 11.5. The van der Waals surface area contributed by atoms with E-state index in [-0.39, 0.29) is 5.69 Å². The van der Waals surface area contributed by atoms with Gasteiger partial charge in [-0.05, 0) is 43.4 Å². The van der Waals surface area contributed by atoms with Gasteiger partial charge in [0.25, 0.3) is 0 Å². The van der Waals surface area contributed by atoms with Gasteiger partial charge in [0.05, 0.1) is 0 Å². The lowest BCUT2D eigenvalue weighted by molar-refractivity contribution is 0.660. The first-order chi connectivity index (χ1) is 9.15. The number of rotatable bonds is 5. The van der Waals surface area contributed by atoms with Crippen LogP contribution in [0.4, 0.5) is 0 Å². The van der Waals surface area contributed by atoms with E-state index in [1.165, 1.54) is 17.3 Å². The van der Waals surface area contributed by atoms with Gasteiger partial charge >= 0.3 is 5.69 Å². The molecule has 0 unspecified atom stereocenters. The number of hydrogen-bond donors (Lipinski definition) is 2. The van der Waals surface area contributed by atoms with Gasteiger partial charge in [0.1, 0.15) is 0 Å². The molecule has 0 saturated carbocycles.